The Balaban J connectivity index is 1.97. The normalized spacial score (nSPS) is 33.9. The average molecular weight is 595 g/mol. The summed E-state index contributed by atoms with van der Waals surface area (Å²) in [7, 11) is 0. The van der Waals surface area contributed by atoms with Crippen LogP contribution in [0.2, 0.25) is 0 Å². The van der Waals surface area contributed by atoms with Crippen molar-refractivity contribution in [3.63, 3.8) is 0 Å². The molecule has 0 saturated carbocycles. The Morgan fingerprint density at radius 3 is 1.59 bits per heavy atom. The van der Waals surface area contributed by atoms with E-state index in [9.17, 15) is 35.1 Å². The standard InChI is InChI=1S/C28H50O13/c1-4-5-6-7-8-9-10-11-12-13-14-36-28-26(24(34)22(32)20(40-28)16-38-18(3)30)41-27-25(35)23(33)21(31)19(39-27)15-37-17(2)29/h19-28,31-35H,4-16H2,1-3H3/t19-,20-,21-,22-,23+,24+,25-,26-,27?,28?/m1/s1. The van der Waals surface area contributed by atoms with Crippen molar-refractivity contribution in [3.8, 4) is 0 Å². The molecule has 0 spiro atoms. The first-order valence-corrected chi connectivity index (χ1v) is 14.8. The molecule has 2 rings (SSSR count). The lowest BCUT2D eigenvalue weighted by atomic mass is 9.97. The van der Waals surface area contributed by atoms with E-state index < -0.39 is 80.0 Å². The molecule has 2 aliphatic heterocycles. The van der Waals surface area contributed by atoms with Crippen LogP contribution in [-0.4, -0.2) is 119 Å². The number of esters is 2. The smallest absolute Gasteiger partial charge is 0.302 e. The largest absolute Gasteiger partial charge is 0.463 e. The van der Waals surface area contributed by atoms with Crippen molar-refractivity contribution in [1.29, 1.82) is 0 Å². The molecule has 0 bridgehead atoms. The molecule has 10 atom stereocenters. The summed E-state index contributed by atoms with van der Waals surface area (Å²) in [6.07, 6.45) is -3.54. The zero-order valence-electron chi connectivity index (χ0n) is 24.5. The SMILES string of the molecule is CCCCCCCCCCCCOC1O[C@H](COC(C)=O)[C@@H](O)[C@H](O)[C@H]1OC1O[C@H](COC(C)=O)[C@@H](O)[C@H](O)[C@H]1O. The van der Waals surface area contributed by atoms with Gasteiger partial charge in [0, 0.05) is 20.5 Å². The van der Waals surface area contributed by atoms with E-state index in [0.29, 0.717) is 6.42 Å². The molecule has 5 N–H and O–H groups in total. The molecule has 0 radical (unpaired) electrons. The third-order valence-corrected chi connectivity index (χ3v) is 7.29. The summed E-state index contributed by atoms with van der Waals surface area (Å²) < 4.78 is 32.8. The zero-order chi connectivity index (χ0) is 30.4. The van der Waals surface area contributed by atoms with E-state index in [1.807, 2.05) is 0 Å². The lowest BCUT2D eigenvalue weighted by molar-refractivity contribution is -0.367. The highest BCUT2D eigenvalue weighted by Gasteiger charge is 2.51. The number of rotatable bonds is 18. The second-order valence-electron chi connectivity index (χ2n) is 10.8. The fourth-order valence-electron chi connectivity index (χ4n) is 4.83. The van der Waals surface area contributed by atoms with Crippen LogP contribution < -0.4 is 0 Å². The Labute approximate surface area is 242 Å². The summed E-state index contributed by atoms with van der Waals surface area (Å²) in [5.74, 6) is -1.24. The van der Waals surface area contributed by atoms with Gasteiger partial charge in [0.15, 0.2) is 12.6 Å². The highest BCUT2D eigenvalue weighted by Crippen LogP contribution is 2.30. The van der Waals surface area contributed by atoms with Crippen LogP contribution in [0.25, 0.3) is 0 Å². The first-order valence-electron chi connectivity index (χ1n) is 14.8. The zero-order valence-corrected chi connectivity index (χ0v) is 24.5. The maximum Gasteiger partial charge on any atom is 0.302 e. The first kappa shape index (κ1) is 35.8. The quantitative estimate of drug-likeness (QED) is 0.110. The number of aliphatic hydroxyl groups is 5. The molecular formula is C28H50O13. The molecule has 2 aliphatic rings. The Kier molecular flexibility index (Phi) is 16.6. The minimum absolute atomic E-state index is 0.245. The van der Waals surface area contributed by atoms with Gasteiger partial charge >= 0.3 is 11.9 Å². The summed E-state index contributed by atoms with van der Waals surface area (Å²) in [4.78, 5) is 22.5. The molecule has 0 aromatic carbocycles. The van der Waals surface area contributed by atoms with Gasteiger partial charge in [-0.3, -0.25) is 9.59 Å². The van der Waals surface area contributed by atoms with Crippen LogP contribution in [0.5, 0.6) is 0 Å². The number of ether oxygens (including phenoxy) is 6. The number of carbonyl (C=O) groups excluding carboxylic acids is 2. The molecule has 41 heavy (non-hydrogen) atoms. The first-order chi connectivity index (χ1) is 19.6. The van der Waals surface area contributed by atoms with Crippen LogP contribution in [0.3, 0.4) is 0 Å². The third-order valence-electron chi connectivity index (χ3n) is 7.29. The number of aliphatic hydroxyl groups excluding tert-OH is 5. The molecule has 0 aromatic rings. The van der Waals surface area contributed by atoms with E-state index in [1.54, 1.807) is 0 Å². The Morgan fingerprint density at radius 2 is 1.07 bits per heavy atom. The third kappa shape index (κ3) is 12.0. The average Bonchev–Trinajstić information content (AvgIpc) is 2.93. The molecule has 13 nitrogen and oxygen atoms in total. The van der Waals surface area contributed by atoms with Gasteiger partial charge < -0.3 is 54.0 Å². The minimum Gasteiger partial charge on any atom is -0.463 e. The molecule has 240 valence electrons. The van der Waals surface area contributed by atoms with Crippen molar-refractivity contribution < 1.29 is 63.5 Å². The fraction of sp³-hybridized carbons (Fsp3) is 0.929. The Bertz CT molecular complexity index is 752. The molecule has 0 aromatic heterocycles. The summed E-state index contributed by atoms with van der Waals surface area (Å²) in [6, 6.07) is 0. The van der Waals surface area contributed by atoms with Gasteiger partial charge in [-0.2, -0.15) is 0 Å². The molecule has 2 fully saturated rings. The topological polar surface area (TPSA) is 191 Å². The van der Waals surface area contributed by atoms with Gasteiger partial charge in [0.1, 0.15) is 62.0 Å². The van der Waals surface area contributed by atoms with E-state index in [1.165, 1.54) is 45.4 Å². The monoisotopic (exact) mass is 594 g/mol. The van der Waals surface area contributed by atoms with Gasteiger partial charge in [-0.25, -0.2) is 0 Å². The predicted molar refractivity (Wildman–Crippen MR) is 143 cm³/mol. The van der Waals surface area contributed by atoms with E-state index in [0.717, 1.165) is 26.2 Å². The van der Waals surface area contributed by atoms with Crippen molar-refractivity contribution in [2.75, 3.05) is 19.8 Å². The number of hydrogen-bond acceptors (Lipinski definition) is 13. The molecule has 2 saturated heterocycles. The van der Waals surface area contributed by atoms with Crippen molar-refractivity contribution >= 4 is 11.9 Å². The van der Waals surface area contributed by atoms with E-state index in [2.05, 4.69) is 6.92 Å². The van der Waals surface area contributed by atoms with Crippen LogP contribution in [0, 0.1) is 0 Å². The van der Waals surface area contributed by atoms with Crippen LogP contribution in [-0.2, 0) is 38.0 Å². The van der Waals surface area contributed by atoms with Gasteiger partial charge in [-0.1, -0.05) is 64.7 Å². The predicted octanol–water partition coefficient (Wildman–Crippen LogP) is 0.690. The summed E-state index contributed by atoms with van der Waals surface area (Å²) >= 11 is 0. The second kappa shape index (κ2) is 19.0. The van der Waals surface area contributed by atoms with E-state index in [4.69, 9.17) is 28.4 Å². The fourth-order valence-corrected chi connectivity index (χ4v) is 4.83. The van der Waals surface area contributed by atoms with Gasteiger partial charge in [0.2, 0.25) is 0 Å². The Hall–Kier alpha value is -1.42. The number of unbranched alkanes of at least 4 members (excludes halogenated alkanes) is 9. The van der Waals surface area contributed by atoms with Crippen LogP contribution in [0.4, 0.5) is 0 Å². The molecule has 2 unspecified atom stereocenters. The van der Waals surface area contributed by atoms with Crippen molar-refractivity contribution in [3.05, 3.63) is 0 Å². The summed E-state index contributed by atoms with van der Waals surface area (Å²) in [5.41, 5.74) is 0. The second-order valence-corrected chi connectivity index (χ2v) is 10.8. The van der Waals surface area contributed by atoms with Crippen LogP contribution in [0.15, 0.2) is 0 Å². The number of carbonyl (C=O) groups is 2. The van der Waals surface area contributed by atoms with Gasteiger partial charge in [0.05, 0.1) is 0 Å². The highest BCUT2D eigenvalue weighted by molar-refractivity contribution is 5.66. The van der Waals surface area contributed by atoms with Crippen molar-refractivity contribution in [2.45, 2.75) is 146 Å². The summed E-state index contributed by atoms with van der Waals surface area (Å²) in [5, 5.41) is 52.6. The van der Waals surface area contributed by atoms with Gasteiger partial charge in [0.25, 0.3) is 0 Å². The lowest BCUT2D eigenvalue weighted by Gasteiger charge is -2.46. The van der Waals surface area contributed by atoms with Crippen LogP contribution >= 0.6 is 0 Å². The lowest BCUT2D eigenvalue weighted by Crippen LogP contribution is -2.64. The molecule has 2 heterocycles. The van der Waals surface area contributed by atoms with Crippen LogP contribution in [0.1, 0.15) is 85.0 Å². The van der Waals surface area contributed by atoms with E-state index in [-0.39, 0.29) is 13.2 Å². The molecular weight excluding hydrogens is 544 g/mol. The Morgan fingerprint density at radius 1 is 0.610 bits per heavy atom. The van der Waals surface area contributed by atoms with Crippen molar-refractivity contribution in [1.82, 2.24) is 0 Å². The molecule has 0 aliphatic carbocycles. The minimum atomic E-state index is -1.75. The molecule has 13 heteroatoms. The highest BCUT2D eigenvalue weighted by atomic mass is 16.8. The maximum atomic E-state index is 11.3. The maximum absolute atomic E-state index is 11.3. The van der Waals surface area contributed by atoms with Gasteiger partial charge in [-0.05, 0) is 6.42 Å². The van der Waals surface area contributed by atoms with Crippen molar-refractivity contribution in [2.24, 2.45) is 0 Å². The number of hydrogen-bond donors (Lipinski definition) is 5. The van der Waals surface area contributed by atoms with E-state index >= 15 is 0 Å². The molecule has 0 amide bonds. The van der Waals surface area contributed by atoms with Gasteiger partial charge in [-0.15, -0.1) is 0 Å². The summed E-state index contributed by atoms with van der Waals surface area (Å²) in [6.45, 7) is 4.05.